The van der Waals surface area contributed by atoms with Gasteiger partial charge in [-0.1, -0.05) is 20.8 Å². The third-order valence-electron chi connectivity index (χ3n) is 5.27. The van der Waals surface area contributed by atoms with Crippen molar-refractivity contribution in [3.63, 3.8) is 0 Å². The van der Waals surface area contributed by atoms with Crippen molar-refractivity contribution in [3.05, 3.63) is 11.8 Å². The predicted molar refractivity (Wildman–Crippen MR) is 99.3 cm³/mol. The molecule has 2 heterocycles. The van der Waals surface area contributed by atoms with Crippen molar-refractivity contribution in [1.82, 2.24) is 20.4 Å². The summed E-state index contributed by atoms with van der Waals surface area (Å²) in [6, 6.07) is -2.27. The van der Waals surface area contributed by atoms with Gasteiger partial charge in [0.25, 0.3) is 0 Å². The van der Waals surface area contributed by atoms with Crippen LogP contribution in [0.1, 0.15) is 27.7 Å². The number of nitrogens with one attached hydrogen (secondary N) is 2. The lowest BCUT2D eigenvalue weighted by atomic mass is 9.85. The second-order valence-electron chi connectivity index (χ2n) is 8.22. The first kappa shape index (κ1) is 21.7. The van der Waals surface area contributed by atoms with Crippen LogP contribution in [0.5, 0.6) is 0 Å². The highest BCUT2D eigenvalue weighted by Crippen LogP contribution is 2.37. The van der Waals surface area contributed by atoms with E-state index in [0.29, 0.717) is 5.70 Å². The summed E-state index contributed by atoms with van der Waals surface area (Å²) in [6.45, 7) is 6.95. The Labute approximate surface area is 163 Å². The van der Waals surface area contributed by atoms with Crippen LogP contribution in [0.3, 0.4) is 0 Å². The molecule has 2 aliphatic rings. The molecule has 0 radical (unpaired) electrons. The molecule has 10 nitrogen and oxygen atoms in total. The number of rotatable bonds is 5. The van der Waals surface area contributed by atoms with Crippen LogP contribution < -0.4 is 10.6 Å². The molecule has 0 aliphatic carbocycles. The summed E-state index contributed by atoms with van der Waals surface area (Å²) in [5.41, 5.74) is -0.330. The van der Waals surface area contributed by atoms with Crippen molar-refractivity contribution >= 4 is 23.9 Å². The Morgan fingerprint density at radius 3 is 2.29 bits per heavy atom. The Morgan fingerprint density at radius 2 is 1.82 bits per heavy atom. The van der Waals surface area contributed by atoms with Gasteiger partial charge in [0.15, 0.2) is 0 Å². The number of likely N-dealkylation sites (tertiary alicyclic amines) is 1. The molecule has 10 heteroatoms. The minimum atomic E-state index is -1.25. The van der Waals surface area contributed by atoms with Crippen molar-refractivity contribution in [1.29, 1.82) is 0 Å². The number of hydrogen-bond donors (Lipinski definition) is 4. The first-order valence-corrected chi connectivity index (χ1v) is 9.11. The molecular formula is C18H28N4O6. The fourth-order valence-corrected chi connectivity index (χ4v) is 3.52. The molecule has 4 atom stereocenters. The molecule has 1 fully saturated rings. The van der Waals surface area contributed by atoms with Gasteiger partial charge in [-0.2, -0.15) is 0 Å². The number of likely N-dealkylation sites (N-methyl/N-ethyl adjacent to an activating group) is 1. The van der Waals surface area contributed by atoms with Crippen molar-refractivity contribution in [3.8, 4) is 0 Å². The van der Waals surface area contributed by atoms with Gasteiger partial charge in [-0.3, -0.25) is 19.3 Å². The maximum atomic E-state index is 13.3. The number of carboxylic acids is 1. The highest BCUT2D eigenvalue weighted by atomic mass is 16.4. The second-order valence-corrected chi connectivity index (χ2v) is 8.22. The van der Waals surface area contributed by atoms with E-state index in [9.17, 15) is 29.4 Å². The molecule has 1 saturated heterocycles. The van der Waals surface area contributed by atoms with E-state index in [-0.39, 0.29) is 19.0 Å². The van der Waals surface area contributed by atoms with Crippen molar-refractivity contribution in [2.45, 2.75) is 45.8 Å². The normalized spacial score (nSPS) is 23.7. The maximum Gasteiger partial charge on any atom is 0.411 e. The van der Waals surface area contributed by atoms with Crippen LogP contribution in [0.15, 0.2) is 11.8 Å². The van der Waals surface area contributed by atoms with Gasteiger partial charge in [-0.25, -0.2) is 4.79 Å². The number of carbonyl (C=O) groups excluding carboxylic acids is 2. The van der Waals surface area contributed by atoms with E-state index >= 15 is 0 Å². The molecule has 156 valence electrons. The van der Waals surface area contributed by atoms with Gasteiger partial charge in [-0.05, 0) is 25.5 Å². The van der Waals surface area contributed by atoms with Gasteiger partial charge in [-0.15, -0.1) is 0 Å². The topological polar surface area (TPSA) is 139 Å². The molecule has 2 rings (SSSR count). The summed E-state index contributed by atoms with van der Waals surface area (Å²) in [6.07, 6.45) is 0.315. The van der Waals surface area contributed by atoms with Gasteiger partial charge in [0.2, 0.25) is 11.8 Å². The molecular weight excluding hydrogens is 368 g/mol. The highest BCUT2D eigenvalue weighted by molar-refractivity contribution is 5.91. The van der Waals surface area contributed by atoms with Crippen LogP contribution in [0, 0.1) is 11.3 Å². The first-order valence-electron chi connectivity index (χ1n) is 9.11. The first-order chi connectivity index (χ1) is 12.9. The average molecular weight is 396 g/mol. The molecule has 28 heavy (non-hydrogen) atoms. The number of amides is 3. The zero-order valence-corrected chi connectivity index (χ0v) is 16.7. The Bertz CT molecular complexity index is 713. The SMILES string of the molecule is CNC(C)C(=O)NC(C(=O)N1CC=C2C1C(C(=O)O)CN2C(=O)O)C(C)(C)C. The van der Waals surface area contributed by atoms with E-state index in [2.05, 4.69) is 10.6 Å². The fraction of sp³-hybridized carbons (Fsp3) is 0.667. The number of carbonyl (C=O) groups is 4. The number of hydrogen-bond acceptors (Lipinski definition) is 5. The van der Waals surface area contributed by atoms with Gasteiger partial charge < -0.3 is 25.7 Å². The zero-order valence-electron chi connectivity index (χ0n) is 16.7. The van der Waals surface area contributed by atoms with Crippen molar-refractivity contribution < 1.29 is 29.4 Å². The molecule has 3 amide bonds. The standard InChI is InChI=1S/C18H28N4O6/c1-9(19-5)14(23)20-13(18(2,3)4)15(24)21-7-6-11-12(21)10(16(25)26)8-22(11)17(27)28/h6,9-10,12-13,19H,7-8H2,1-5H3,(H,20,23)(H,25,26)(H,27,28). The van der Waals surface area contributed by atoms with Gasteiger partial charge in [0, 0.05) is 18.8 Å². The molecule has 0 aromatic heterocycles. The molecule has 0 aromatic rings. The predicted octanol–water partition coefficient (Wildman–Crippen LogP) is -0.0857. The van der Waals surface area contributed by atoms with E-state index in [0.717, 1.165) is 4.90 Å². The Kier molecular flexibility index (Phi) is 6.03. The van der Waals surface area contributed by atoms with Crippen LogP contribution in [0.2, 0.25) is 0 Å². The molecule has 0 spiro atoms. The van der Waals surface area contributed by atoms with Crippen LogP contribution in [0.4, 0.5) is 4.79 Å². The highest BCUT2D eigenvalue weighted by Gasteiger charge is 2.52. The summed E-state index contributed by atoms with van der Waals surface area (Å²) >= 11 is 0. The summed E-state index contributed by atoms with van der Waals surface area (Å²) in [5, 5.41) is 24.5. The maximum absolute atomic E-state index is 13.3. The smallest absolute Gasteiger partial charge is 0.411 e. The Balaban J connectivity index is 2.31. The van der Waals surface area contributed by atoms with Gasteiger partial charge in [0.1, 0.15) is 12.0 Å². The number of nitrogens with zero attached hydrogens (tertiary/aromatic N) is 2. The quantitative estimate of drug-likeness (QED) is 0.509. The van der Waals surface area contributed by atoms with Crippen LogP contribution >= 0.6 is 0 Å². The number of fused-ring (bicyclic) bond motifs is 1. The van der Waals surface area contributed by atoms with Crippen molar-refractivity contribution in [2.75, 3.05) is 20.1 Å². The van der Waals surface area contributed by atoms with Gasteiger partial charge in [0.05, 0.1) is 12.1 Å². The minimum absolute atomic E-state index is 0.0937. The third kappa shape index (κ3) is 3.96. The van der Waals surface area contributed by atoms with Crippen LogP contribution in [0.25, 0.3) is 0 Å². The van der Waals surface area contributed by atoms with E-state index in [1.54, 1.807) is 40.8 Å². The lowest BCUT2D eigenvalue weighted by molar-refractivity contribution is -0.146. The molecule has 0 saturated carbocycles. The summed E-state index contributed by atoms with van der Waals surface area (Å²) in [5.74, 6) is -3.00. The Hall–Kier alpha value is -2.62. The molecule has 4 unspecified atom stereocenters. The van der Waals surface area contributed by atoms with E-state index < -0.39 is 47.4 Å². The third-order valence-corrected chi connectivity index (χ3v) is 5.27. The zero-order chi connectivity index (χ0) is 21.4. The number of aliphatic carboxylic acids is 1. The summed E-state index contributed by atoms with van der Waals surface area (Å²) < 4.78 is 0. The fourth-order valence-electron chi connectivity index (χ4n) is 3.52. The minimum Gasteiger partial charge on any atom is -0.481 e. The summed E-state index contributed by atoms with van der Waals surface area (Å²) in [7, 11) is 1.63. The van der Waals surface area contributed by atoms with E-state index in [1.165, 1.54) is 4.90 Å². The number of carboxylic acid groups (broad SMARTS) is 2. The van der Waals surface area contributed by atoms with Gasteiger partial charge >= 0.3 is 12.1 Å². The summed E-state index contributed by atoms with van der Waals surface area (Å²) in [4.78, 5) is 51.2. The lowest BCUT2D eigenvalue weighted by Crippen LogP contribution is -2.59. The van der Waals surface area contributed by atoms with E-state index in [4.69, 9.17) is 0 Å². The molecule has 0 aromatic carbocycles. The van der Waals surface area contributed by atoms with Crippen LogP contribution in [-0.2, 0) is 14.4 Å². The van der Waals surface area contributed by atoms with Crippen molar-refractivity contribution in [2.24, 2.45) is 11.3 Å². The molecule has 0 bridgehead atoms. The lowest BCUT2D eigenvalue weighted by Gasteiger charge is -2.36. The average Bonchev–Trinajstić information content (AvgIpc) is 3.16. The monoisotopic (exact) mass is 396 g/mol. The molecule has 4 N–H and O–H groups in total. The largest absolute Gasteiger partial charge is 0.481 e. The second kappa shape index (κ2) is 7.78. The van der Waals surface area contributed by atoms with Crippen LogP contribution in [-0.4, -0.2) is 82.2 Å². The molecule has 2 aliphatic heterocycles. The Morgan fingerprint density at radius 1 is 1.21 bits per heavy atom. The van der Waals surface area contributed by atoms with E-state index in [1.807, 2.05) is 0 Å².